The summed E-state index contributed by atoms with van der Waals surface area (Å²) in [7, 11) is -2.42. The third-order valence-corrected chi connectivity index (χ3v) is 27.8. The number of amidine groups is 3. The normalized spacial score (nSPS) is 20.1. The number of sulfonamides is 2. The molecule has 0 spiro atoms. The minimum Gasteiger partial charge on any atom is -0.480 e. The van der Waals surface area contributed by atoms with Gasteiger partial charge in [0.1, 0.15) is 50.0 Å². The van der Waals surface area contributed by atoms with E-state index in [1.165, 1.54) is 136 Å². The second-order valence-electron chi connectivity index (χ2n) is 36.0. The molecule has 0 amide bonds. The SMILES string of the molecule is C.C.C.C.CC1(C)COC(N([C@H](C(=O)O)C2CCCCC2)S(=O)(=O)c2ccccc2[N+](=O)[O-])=N1.COC(=O)[C@@H](N)C1CCCCC1.COC(=O)[C@@H](N=C1NC(C)(C)CO1)C1CCCCC1.COC(=O)[C@@H](N=CC=S)C1CCCCC1.COC(=O)[C@@H](NC(=S)NC(C)(C)CO)C1CCCCC1.COC(=O)[C@H](C1CCCCC1)N(C1=NC(C)(C)CO1)S(=O)(=O)c1ccccc1[N+](=O)[O-].Cl. The molecule has 752 valence electrons. The predicted octanol–water partition coefficient (Wildman–Crippen LogP) is 15.1. The van der Waals surface area contributed by atoms with Crippen LogP contribution in [-0.4, -0.2) is 236 Å². The van der Waals surface area contributed by atoms with Crippen molar-refractivity contribution in [2.45, 2.75) is 346 Å². The van der Waals surface area contributed by atoms with Gasteiger partial charge in [0, 0.05) is 23.7 Å². The van der Waals surface area contributed by atoms with E-state index in [1.807, 2.05) is 27.7 Å². The molecule has 0 bridgehead atoms. The Morgan fingerprint density at radius 2 is 0.902 bits per heavy atom. The Hall–Kier alpha value is -8.57. The number of rotatable bonds is 26. The van der Waals surface area contributed by atoms with Gasteiger partial charge in [-0.1, -0.05) is 182 Å². The Kier molecular flexibility index (Phi) is 53.4. The summed E-state index contributed by atoms with van der Waals surface area (Å²) in [4.78, 5) is 109. The molecule has 36 nitrogen and oxygen atoms in total. The Balaban J connectivity index is 0.000000808. The van der Waals surface area contributed by atoms with Crippen molar-refractivity contribution < 1.29 is 104 Å². The van der Waals surface area contributed by atoms with Crippen LogP contribution in [0, 0.1) is 55.7 Å². The number of aliphatic imine (C=N–C) groups is 4. The number of carbonyl (C=O) groups excluding carboxylic acids is 5. The zero-order valence-electron chi connectivity index (χ0n) is 76.3. The van der Waals surface area contributed by atoms with Gasteiger partial charge in [-0.05, 0) is 192 Å². The van der Waals surface area contributed by atoms with Crippen LogP contribution in [0.3, 0.4) is 0 Å². The van der Waals surface area contributed by atoms with Crippen LogP contribution in [0.15, 0.2) is 78.3 Å². The van der Waals surface area contributed by atoms with Gasteiger partial charge in [0.15, 0.2) is 20.9 Å². The first-order chi connectivity index (χ1) is 60.1. The Morgan fingerprint density at radius 1 is 0.553 bits per heavy atom. The fourth-order valence-corrected chi connectivity index (χ4v) is 21.0. The molecule has 6 atom stereocenters. The summed E-state index contributed by atoms with van der Waals surface area (Å²) in [5.41, 5.74) is 2.42. The number of aliphatic carboxylic acids is 1. The molecule has 41 heteroatoms. The molecule has 2 aromatic rings. The zero-order chi connectivity index (χ0) is 94.0. The van der Waals surface area contributed by atoms with E-state index in [0.29, 0.717) is 59.6 Å². The number of thiocarbonyl (C=S) groups is 2. The number of hydrogen-bond acceptors (Lipinski definition) is 30. The fraction of sp³-hybridized carbons (Fsp3) is 0.736. The number of hydrogen-bond donors (Lipinski definition) is 6. The lowest BCUT2D eigenvalue weighted by atomic mass is 9.84. The number of methoxy groups -OCH3 is 5. The summed E-state index contributed by atoms with van der Waals surface area (Å²) in [5, 5.41) is 53.4. The monoisotopic (exact) mass is 1960 g/mol. The largest absolute Gasteiger partial charge is 0.480 e. The zero-order valence-corrected chi connectivity index (χ0v) is 80.4. The first-order valence-electron chi connectivity index (χ1n) is 44.1. The van der Waals surface area contributed by atoms with Crippen molar-refractivity contribution in [3.8, 4) is 0 Å². The van der Waals surface area contributed by atoms with Gasteiger partial charge in [0.05, 0.1) is 74.2 Å². The molecule has 2 aromatic carbocycles. The van der Waals surface area contributed by atoms with E-state index in [0.717, 1.165) is 131 Å². The summed E-state index contributed by atoms with van der Waals surface area (Å²) >= 11 is 9.91. The number of para-hydroxylation sites is 2. The number of esters is 5. The second kappa shape index (κ2) is 58.0. The van der Waals surface area contributed by atoms with Crippen molar-refractivity contribution in [1.29, 1.82) is 0 Å². The number of carboxylic acids is 1. The number of carbonyl (C=O) groups is 6. The van der Waals surface area contributed by atoms with Gasteiger partial charge in [-0.25, -0.2) is 64.4 Å². The highest BCUT2D eigenvalue weighted by molar-refractivity contribution is 7.90. The summed E-state index contributed by atoms with van der Waals surface area (Å²) in [5.74, 6) is -2.67. The number of aliphatic hydroxyl groups is 1. The topological polar surface area (TPSA) is 489 Å². The number of nitro benzene ring substituents is 2. The number of nitrogens with two attached hydrogens (primary N) is 1. The van der Waals surface area contributed by atoms with Crippen LogP contribution in [0.1, 0.15) is 278 Å². The summed E-state index contributed by atoms with van der Waals surface area (Å²) in [6, 6.07) is 5.53. The van der Waals surface area contributed by atoms with E-state index >= 15 is 0 Å². The third kappa shape index (κ3) is 36.2. The van der Waals surface area contributed by atoms with Crippen molar-refractivity contribution in [1.82, 2.24) is 24.6 Å². The van der Waals surface area contributed by atoms with E-state index in [4.69, 9.17) is 51.1 Å². The lowest BCUT2D eigenvalue weighted by Gasteiger charge is -2.36. The lowest BCUT2D eigenvalue weighted by Crippen LogP contribution is -2.56. The van der Waals surface area contributed by atoms with Gasteiger partial charge in [-0.2, -0.15) is 0 Å². The first-order valence-corrected chi connectivity index (χ1v) is 47.9. The van der Waals surface area contributed by atoms with Crippen molar-refractivity contribution in [2.24, 2.45) is 61.2 Å². The molecule has 0 aromatic heterocycles. The van der Waals surface area contributed by atoms with Crippen molar-refractivity contribution >= 4 is 139 Å². The molecule has 0 radical (unpaired) electrons. The number of halogens is 1. The first kappa shape index (κ1) is 121. The Labute approximate surface area is 800 Å². The second-order valence-corrected chi connectivity index (χ2v) is 40.2. The van der Waals surface area contributed by atoms with Gasteiger partial charge in [0.2, 0.25) is 0 Å². The number of nitrogens with one attached hydrogen (secondary N) is 3. The van der Waals surface area contributed by atoms with Gasteiger partial charge < -0.3 is 69.8 Å². The number of carboxylic acid groups (broad SMARTS) is 1. The number of aliphatic hydroxyl groups excluding tert-OH is 1. The Bertz CT molecular complexity index is 4350. The summed E-state index contributed by atoms with van der Waals surface area (Å²) in [6.07, 6.45) is 31.9. The van der Waals surface area contributed by atoms with Crippen molar-refractivity contribution in [2.75, 3.05) is 62.0 Å². The van der Waals surface area contributed by atoms with Gasteiger partial charge in [-0.15, -0.1) is 12.4 Å². The van der Waals surface area contributed by atoms with Crippen molar-refractivity contribution in [3.63, 3.8) is 0 Å². The fourth-order valence-electron chi connectivity index (χ4n) is 17.1. The van der Waals surface area contributed by atoms with Crippen LogP contribution in [-0.2, 0) is 86.7 Å². The quantitative estimate of drug-likeness (QED) is 0.0127. The summed E-state index contributed by atoms with van der Waals surface area (Å²) < 4.78 is 97.2. The molecule has 11 rings (SSSR count). The van der Waals surface area contributed by atoms with Crippen LogP contribution < -0.4 is 21.7 Å². The molecule has 6 aliphatic carbocycles. The maximum atomic E-state index is 13.8. The molecule has 3 aliphatic heterocycles. The minimum absolute atomic E-state index is 0. The smallest absolute Gasteiger partial charge is 0.331 e. The van der Waals surface area contributed by atoms with E-state index in [2.05, 4.69) is 52.9 Å². The molecule has 7 fully saturated rings. The van der Waals surface area contributed by atoms with Gasteiger partial charge in [0.25, 0.3) is 37.4 Å². The predicted molar refractivity (Wildman–Crippen MR) is 520 cm³/mol. The molecule has 1 saturated heterocycles. The number of nitrogens with zero attached hydrogens (tertiary/aromatic N) is 8. The highest BCUT2D eigenvalue weighted by atomic mass is 35.5. The Morgan fingerprint density at radius 3 is 1.24 bits per heavy atom. The van der Waals surface area contributed by atoms with Crippen LogP contribution in [0.5, 0.6) is 0 Å². The van der Waals surface area contributed by atoms with E-state index in [9.17, 15) is 76.0 Å². The average Bonchev–Trinajstić information content (AvgIpc) is 1.35. The lowest BCUT2D eigenvalue weighted by molar-refractivity contribution is -0.388. The van der Waals surface area contributed by atoms with Crippen LogP contribution >= 0.6 is 36.8 Å². The third-order valence-electron chi connectivity index (χ3n) is 23.9. The van der Waals surface area contributed by atoms with Crippen LogP contribution in [0.4, 0.5) is 11.4 Å². The molecular weight excluding hydrogens is 1810 g/mol. The minimum atomic E-state index is -4.65. The van der Waals surface area contributed by atoms with Crippen LogP contribution in [0.25, 0.3) is 0 Å². The number of ether oxygens (including phenoxy) is 8. The molecule has 132 heavy (non-hydrogen) atoms. The number of benzene rings is 2. The highest BCUT2D eigenvalue weighted by Crippen LogP contribution is 2.41. The standard InChI is InChI=1S/C20H27N3O7S.C19H25N3O7S.C14H26N2O3S.C14H24N2O3.C11H17NO2S.C9H17NO2.4CH4.ClH/c1-20(2)13-30-19(21-20)22(17(18(24)29-3)14-9-5-4-6-10-14)31(27,28)16-12-8-7-11-15(16)23(25)26;1-19(2)12-29-18(20-19)21(16(17(23)24)13-8-4-3-5-9-13)30(27,28)15-11-7-6-10-14(15)22(25)26;1-14(2,9-17)16-13(20)15-11(12(18)19-3)10-7-5-4-6-8-10;1-14(2)9-19-13(16-14)15-11(12(17)18-3)10-7-5-4-6-8-10;1-14-11(13)10(12-7-8-15)9-5-3-2-4-6-9;1-12-9(11)8(10)7-5-3-2-4-6-7;;;;;/h7-8,11-12,14,17H,4-6,9-10,13H2,1-3H3;6-7,10-11,13,16H,3-5,8-9,12H2,1-2H3,(H,23,24);10-11,17H,4-9H2,1-3H3,(H2,15,16,20);10-11H,4-9H2,1-3H3,(H,15,16);7-10H,2-6H2,1H3;7-8H,2-6,10H2,1H3;4*1H4;1H/t17-;16-;2*11-;10-;8-;;;;;/m000000...../s1. The van der Waals surface area contributed by atoms with Crippen molar-refractivity contribution in [3.05, 3.63) is 68.8 Å². The highest BCUT2D eigenvalue weighted by Gasteiger charge is 2.51. The average molecular weight is 1960 g/mol. The maximum absolute atomic E-state index is 13.8. The molecule has 6 saturated carbocycles. The molecule has 7 N–H and O–H groups in total. The molecule has 0 unspecified atom stereocenters. The maximum Gasteiger partial charge on any atom is 0.331 e. The van der Waals surface area contributed by atoms with E-state index in [1.54, 1.807) is 27.7 Å². The van der Waals surface area contributed by atoms with E-state index < -0.39 is 116 Å². The van der Waals surface area contributed by atoms with E-state index in [-0.39, 0.29) is 127 Å². The summed E-state index contributed by atoms with van der Waals surface area (Å²) in [6.45, 7) is 15.5. The van der Waals surface area contributed by atoms with Gasteiger partial charge >= 0.3 is 47.9 Å². The molecule has 3 heterocycles. The molecular formula is C91H153ClN12O24S4. The number of nitro groups is 2. The van der Waals surface area contributed by atoms with Gasteiger partial charge in [-0.3, -0.25) is 30.0 Å². The molecule has 9 aliphatic rings. The van der Waals surface area contributed by atoms with Crippen LogP contribution in [0.2, 0.25) is 0 Å².